The Bertz CT molecular complexity index is 3090. The van der Waals surface area contributed by atoms with Crippen LogP contribution < -0.4 is 21.7 Å². The number of carbonyl (C=O) groups excluding carboxylic acids is 3. The molecule has 0 aliphatic rings. The molecule has 1 heterocycles. The maximum Gasteiger partial charge on any atom is 0.407 e. The summed E-state index contributed by atoms with van der Waals surface area (Å²) in [7, 11) is 0. The number of hydrogen-bond acceptors (Lipinski definition) is 10. The first-order chi connectivity index (χ1) is 36.8. The quantitative estimate of drug-likeness (QED) is 0.0335. The molecule has 0 saturated carbocycles. The summed E-state index contributed by atoms with van der Waals surface area (Å²) in [5.41, 5.74) is 8.83. The van der Waals surface area contributed by atoms with Crippen LogP contribution in [0.25, 0.3) is 22.3 Å². The molecular formula is C57H57Cl2F2N7O9. The van der Waals surface area contributed by atoms with E-state index in [2.05, 4.69) is 31.4 Å². The second-order valence-corrected chi connectivity index (χ2v) is 19.7. The topological polar surface area (TPSA) is 248 Å². The molecule has 3 amide bonds. The van der Waals surface area contributed by atoms with E-state index in [1.807, 2.05) is 60.7 Å². The number of ether oxygens (including phenoxy) is 2. The standard InChI is InChI=1S/C30H29ClFN5O5.C27H28ClFN2O4/c1-30(28(39)40,18-33-29(41)42-17-20-5-3-2-4-6-20)15-23(35-27(38)26-16-34-37-36-26)13-19-7-9-21(10-8-19)24-14-22(31)11-12-25(24)32;1-27(25(32)33,17-31-26(34)35-16-19-5-3-2-4-6-19)15-22(30)13-18-7-9-20(10-8-18)23-14-21(28)11-12-24(23)29/h2-12,14,16,23H,13,15,17-18H2,1H3,(H,33,41)(H,35,38)(H,39,40)(H,34,36,37);2-12,14,22H,13,15-17,30H2,1H3,(H,31,34)(H,32,33)/t23-,30+;22-,27+/m11/s1. The van der Waals surface area contributed by atoms with Gasteiger partial charge in [-0.15, -0.1) is 0 Å². The Hall–Kier alpha value is -8.19. The molecule has 1 aromatic heterocycles. The zero-order chi connectivity index (χ0) is 55.5. The van der Waals surface area contributed by atoms with Crippen LogP contribution in [-0.4, -0.2) is 80.8 Å². The molecule has 7 aromatic rings. The van der Waals surface area contributed by atoms with Crippen molar-refractivity contribution in [2.24, 2.45) is 16.6 Å². The second kappa shape index (κ2) is 27.6. The number of nitrogens with two attached hydrogens (primary N) is 1. The van der Waals surface area contributed by atoms with E-state index < -0.39 is 58.8 Å². The number of aliphatic carboxylic acids is 2. The highest BCUT2D eigenvalue weighted by Gasteiger charge is 2.38. The number of alkyl carbamates (subject to hydrolysis) is 2. The SMILES string of the molecule is C[C@@](CNC(=O)OCc1ccccc1)(C[C@@H](Cc1ccc(-c2cc(Cl)ccc2F)cc1)NC(=O)c1cn[nH]n1)C(=O)O.C[C@@](CNC(=O)OCc1ccccc1)(C[C@H](N)Cc1ccc(-c2cc(Cl)ccc2F)cc1)C(=O)O. The molecule has 0 spiro atoms. The molecule has 0 saturated heterocycles. The lowest BCUT2D eigenvalue weighted by Crippen LogP contribution is -2.47. The number of nitrogens with zero attached hydrogens (tertiary/aromatic N) is 2. The molecule has 20 heteroatoms. The Morgan fingerprint density at radius 2 is 1.06 bits per heavy atom. The number of amides is 3. The first kappa shape index (κ1) is 58.1. The van der Waals surface area contributed by atoms with Crippen molar-refractivity contribution in [2.75, 3.05) is 13.1 Å². The molecule has 77 heavy (non-hydrogen) atoms. The number of aromatic amines is 1. The summed E-state index contributed by atoms with van der Waals surface area (Å²) in [6, 6.07) is 39.9. The fraction of sp³-hybridized carbons (Fsp3) is 0.246. The number of nitrogens with one attached hydrogen (secondary N) is 4. The molecule has 402 valence electrons. The number of rotatable bonds is 22. The summed E-state index contributed by atoms with van der Waals surface area (Å²) in [6.07, 6.45) is 0.531. The Kier molecular flexibility index (Phi) is 20.8. The molecule has 0 bridgehead atoms. The van der Waals surface area contributed by atoms with Gasteiger partial charge in [-0.2, -0.15) is 15.4 Å². The van der Waals surface area contributed by atoms with E-state index in [1.54, 1.807) is 54.6 Å². The molecule has 0 unspecified atom stereocenters. The van der Waals surface area contributed by atoms with E-state index in [1.165, 1.54) is 50.4 Å². The van der Waals surface area contributed by atoms with Crippen LogP contribution in [0.2, 0.25) is 10.0 Å². The van der Waals surface area contributed by atoms with Crippen molar-refractivity contribution < 1.29 is 52.4 Å². The van der Waals surface area contributed by atoms with Crippen molar-refractivity contribution >= 4 is 53.2 Å². The number of halogens is 4. The number of aromatic nitrogens is 3. The average molecular weight is 1090 g/mol. The predicted molar refractivity (Wildman–Crippen MR) is 287 cm³/mol. The second-order valence-electron chi connectivity index (χ2n) is 18.8. The highest BCUT2D eigenvalue weighted by molar-refractivity contribution is 6.31. The third-order valence-electron chi connectivity index (χ3n) is 12.5. The number of carbonyl (C=O) groups is 5. The summed E-state index contributed by atoms with van der Waals surface area (Å²) < 4.78 is 38.8. The monoisotopic (exact) mass is 1090 g/mol. The molecule has 4 atom stereocenters. The first-order valence-corrected chi connectivity index (χ1v) is 24.9. The summed E-state index contributed by atoms with van der Waals surface area (Å²) in [5, 5.41) is 38.4. The van der Waals surface area contributed by atoms with Gasteiger partial charge in [0, 0.05) is 46.3 Å². The van der Waals surface area contributed by atoms with Gasteiger partial charge < -0.3 is 41.4 Å². The minimum Gasteiger partial charge on any atom is -0.481 e. The first-order valence-electron chi connectivity index (χ1n) is 24.2. The lowest BCUT2D eigenvalue weighted by molar-refractivity contribution is -0.149. The van der Waals surface area contributed by atoms with Crippen LogP contribution in [0.15, 0.2) is 152 Å². The highest BCUT2D eigenvalue weighted by atomic mass is 35.5. The van der Waals surface area contributed by atoms with Gasteiger partial charge in [0.1, 0.15) is 24.8 Å². The number of hydrogen-bond donors (Lipinski definition) is 7. The summed E-state index contributed by atoms with van der Waals surface area (Å²) in [4.78, 5) is 61.6. The van der Waals surface area contributed by atoms with E-state index in [0.29, 0.717) is 38.7 Å². The maximum absolute atomic E-state index is 14.4. The Balaban J connectivity index is 0.000000254. The minimum absolute atomic E-state index is 0.0297. The summed E-state index contributed by atoms with van der Waals surface area (Å²) in [5.74, 6) is -3.57. The Morgan fingerprint density at radius 3 is 1.49 bits per heavy atom. The van der Waals surface area contributed by atoms with E-state index in [0.717, 1.165) is 22.3 Å². The van der Waals surface area contributed by atoms with Crippen LogP contribution in [0.4, 0.5) is 18.4 Å². The maximum atomic E-state index is 14.4. The summed E-state index contributed by atoms with van der Waals surface area (Å²) in [6.45, 7) is 2.76. The molecule has 16 nitrogen and oxygen atoms in total. The van der Waals surface area contributed by atoms with Crippen LogP contribution >= 0.6 is 23.2 Å². The van der Waals surface area contributed by atoms with Gasteiger partial charge in [-0.25, -0.2) is 18.4 Å². The molecule has 7 rings (SSSR count). The van der Waals surface area contributed by atoms with Crippen molar-refractivity contribution in [3.63, 3.8) is 0 Å². The van der Waals surface area contributed by atoms with Gasteiger partial charge in [-0.3, -0.25) is 14.4 Å². The normalized spacial score (nSPS) is 13.2. The number of carboxylic acids is 2. The van der Waals surface area contributed by atoms with E-state index in [9.17, 15) is 43.0 Å². The fourth-order valence-electron chi connectivity index (χ4n) is 8.16. The number of H-pyrrole nitrogens is 1. The lowest BCUT2D eigenvalue weighted by Gasteiger charge is -2.30. The van der Waals surface area contributed by atoms with Gasteiger partial charge in [0.15, 0.2) is 5.69 Å². The molecule has 6 aromatic carbocycles. The van der Waals surface area contributed by atoms with Crippen molar-refractivity contribution in [3.05, 3.63) is 201 Å². The third-order valence-corrected chi connectivity index (χ3v) is 12.9. The smallest absolute Gasteiger partial charge is 0.407 e. The van der Waals surface area contributed by atoms with Crippen LogP contribution in [0.3, 0.4) is 0 Å². The van der Waals surface area contributed by atoms with Gasteiger partial charge >= 0.3 is 24.1 Å². The molecular weight excluding hydrogens is 1040 g/mol. The van der Waals surface area contributed by atoms with E-state index >= 15 is 0 Å². The van der Waals surface area contributed by atoms with Crippen molar-refractivity contribution in [2.45, 2.75) is 64.8 Å². The highest BCUT2D eigenvalue weighted by Crippen LogP contribution is 2.30. The van der Waals surface area contributed by atoms with Gasteiger partial charge in [-0.1, -0.05) is 132 Å². The van der Waals surface area contributed by atoms with Crippen LogP contribution in [0, 0.1) is 22.5 Å². The summed E-state index contributed by atoms with van der Waals surface area (Å²) >= 11 is 12.0. The number of carboxylic acid groups (broad SMARTS) is 2. The fourth-order valence-corrected chi connectivity index (χ4v) is 8.50. The van der Waals surface area contributed by atoms with E-state index in [4.69, 9.17) is 38.4 Å². The minimum atomic E-state index is -1.47. The van der Waals surface area contributed by atoms with Crippen LogP contribution in [0.1, 0.15) is 59.4 Å². The molecule has 0 radical (unpaired) electrons. The van der Waals surface area contributed by atoms with Crippen molar-refractivity contribution in [3.8, 4) is 22.3 Å². The third kappa shape index (κ3) is 17.7. The molecule has 0 aliphatic heterocycles. The Morgan fingerprint density at radius 1 is 0.623 bits per heavy atom. The van der Waals surface area contributed by atoms with Gasteiger partial charge in [-0.05, 0) is 109 Å². The van der Waals surface area contributed by atoms with Gasteiger partial charge in [0.25, 0.3) is 5.91 Å². The zero-order valence-corrected chi connectivity index (χ0v) is 43.5. The number of benzene rings is 6. The zero-order valence-electron chi connectivity index (χ0n) is 42.0. The van der Waals surface area contributed by atoms with Gasteiger partial charge in [0.05, 0.1) is 17.0 Å². The largest absolute Gasteiger partial charge is 0.481 e. The molecule has 0 aliphatic carbocycles. The molecule has 8 N–H and O–H groups in total. The van der Waals surface area contributed by atoms with Crippen molar-refractivity contribution in [1.29, 1.82) is 0 Å². The van der Waals surface area contributed by atoms with Gasteiger partial charge in [0.2, 0.25) is 0 Å². The Labute approximate surface area is 453 Å². The predicted octanol–water partition coefficient (Wildman–Crippen LogP) is 10.4. The van der Waals surface area contributed by atoms with E-state index in [-0.39, 0.29) is 57.1 Å². The molecule has 0 fully saturated rings. The van der Waals surface area contributed by atoms with Crippen LogP contribution in [0.5, 0.6) is 0 Å². The van der Waals surface area contributed by atoms with Crippen molar-refractivity contribution in [1.82, 2.24) is 31.4 Å². The average Bonchev–Trinajstić information content (AvgIpc) is 3.97. The van der Waals surface area contributed by atoms with Crippen LogP contribution in [-0.2, 0) is 45.1 Å². The lowest BCUT2D eigenvalue weighted by atomic mass is 9.81.